The summed E-state index contributed by atoms with van der Waals surface area (Å²) < 4.78 is 31.5. The molecule has 27 heavy (non-hydrogen) atoms. The highest BCUT2D eigenvalue weighted by Gasteiger charge is 2.22. The van der Waals surface area contributed by atoms with Crippen molar-refractivity contribution in [2.75, 3.05) is 23.4 Å². The van der Waals surface area contributed by atoms with Crippen LogP contribution in [0.4, 0.5) is 20.2 Å². The van der Waals surface area contributed by atoms with Crippen LogP contribution in [0.25, 0.3) is 0 Å². The minimum absolute atomic E-state index is 0.0167. The maximum absolute atomic E-state index is 13.5. The average molecular weight is 374 g/mol. The van der Waals surface area contributed by atoms with Crippen LogP contribution in [-0.4, -0.2) is 30.9 Å². The van der Waals surface area contributed by atoms with E-state index in [1.807, 2.05) is 0 Å². The summed E-state index contributed by atoms with van der Waals surface area (Å²) in [5.74, 6) is -3.11. The van der Waals surface area contributed by atoms with Crippen LogP contribution in [0.3, 0.4) is 0 Å². The Bertz CT molecular complexity index is 901. The minimum atomic E-state index is -0.807. The Morgan fingerprint density at radius 1 is 1.15 bits per heavy atom. The highest BCUT2D eigenvalue weighted by Crippen LogP contribution is 2.22. The molecule has 140 valence electrons. The van der Waals surface area contributed by atoms with Crippen LogP contribution >= 0.6 is 0 Å². The maximum atomic E-state index is 13.5. The normalized spacial score (nSPS) is 13.6. The molecule has 8 heteroatoms. The van der Waals surface area contributed by atoms with Gasteiger partial charge < -0.3 is 15.0 Å². The Labute approximate surface area is 153 Å². The molecule has 0 radical (unpaired) electrons. The van der Waals surface area contributed by atoms with Crippen LogP contribution in [0.2, 0.25) is 0 Å². The summed E-state index contributed by atoms with van der Waals surface area (Å²) in [6.07, 6.45) is 1.22. The molecule has 1 aliphatic heterocycles. The van der Waals surface area contributed by atoms with E-state index in [9.17, 15) is 23.2 Å². The van der Waals surface area contributed by atoms with Gasteiger partial charge in [0.2, 0.25) is 5.91 Å². The van der Waals surface area contributed by atoms with Gasteiger partial charge in [-0.2, -0.15) is 0 Å². The van der Waals surface area contributed by atoms with E-state index >= 15 is 0 Å². The molecule has 0 saturated carbocycles. The predicted octanol–water partition coefficient (Wildman–Crippen LogP) is 2.89. The first-order chi connectivity index (χ1) is 12.9. The highest BCUT2D eigenvalue weighted by atomic mass is 19.1. The number of nitrogens with zero attached hydrogens (tertiary/aromatic N) is 1. The Hall–Kier alpha value is -3.29. The molecular weight excluding hydrogens is 358 g/mol. The van der Waals surface area contributed by atoms with E-state index in [0.29, 0.717) is 18.7 Å². The summed E-state index contributed by atoms with van der Waals surface area (Å²) in [5, 5.41) is 2.14. The molecule has 3 rings (SSSR count). The van der Waals surface area contributed by atoms with Gasteiger partial charge in [-0.1, -0.05) is 6.07 Å². The van der Waals surface area contributed by atoms with Crippen molar-refractivity contribution in [1.82, 2.24) is 0 Å². The summed E-state index contributed by atoms with van der Waals surface area (Å²) in [6.45, 7) is -0.0827. The van der Waals surface area contributed by atoms with Crippen molar-refractivity contribution in [3.63, 3.8) is 0 Å². The number of benzene rings is 2. The van der Waals surface area contributed by atoms with Crippen LogP contribution in [0.1, 0.15) is 23.2 Å². The Kier molecular flexibility index (Phi) is 5.44. The summed E-state index contributed by atoms with van der Waals surface area (Å²) in [5.41, 5.74) is 0.417. The standard InChI is InChI=1S/C19H16F2N2O4/c20-13-6-7-15(21)16(10-13)22-17(24)11-27-19(26)12-3-1-4-14(9-12)23-8-2-5-18(23)25/h1,3-4,6-7,9-10H,2,5,8,11H2,(H,22,24). The van der Waals surface area contributed by atoms with Crippen LogP contribution < -0.4 is 10.2 Å². The Morgan fingerprint density at radius 3 is 2.70 bits per heavy atom. The van der Waals surface area contributed by atoms with E-state index in [1.54, 1.807) is 17.0 Å². The van der Waals surface area contributed by atoms with Gasteiger partial charge in [-0.05, 0) is 36.8 Å². The van der Waals surface area contributed by atoms with Crippen molar-refractivity contribution in [3.05, 3.63) is 59.7 Å². The monoisotopic (exact) mass is 374 g/mol. The van der Waals surface area contributed by atoms with Crippen LogP contribution in [0, 0.1) is 11.6 Å². The van der Waals surface area contributed by atoms with Gasteiger partial charge in [0, 0.05) is 24.7 Å². The molecule has 1 aliphatic rings. The van der Waals surface area contributed by atoms with Gasteiger partial charge in [0.1, 0.15) is 11.6 Å². The predicted molar refractivity (Wildman–Crippen MR) is 93.3 cm³/mol. The third-order valence-electron chi connectivity index (χ3n) is 4.00. The van der Waals surface area contributed by atoms with Crippen LogP contribution in [0.15, 0.2) is 42.5 Å². The number of carbonyl (C=O) groups excluding carboxylic acids is 3. The first-order valence-electron chi connectivity index (χ1n) is 8.26. The van der Waals surface area contributed by atoms with E-state index < -0.39 is 30.1 Å². The third kappa shape index (κ3) is 4.46. The number of anilines is 2. The fraction of sp³-hybridized carbons (Fsp3) is 0.211. The van der Waals surface area contributed by atoms with Crippen molar-refractivity contribution in [1.29, 1.82) is 0 Å². The largest absolute Gasteiger partial charge is 0.452 e. The van der Waals surface area contributed by atoms with E-state index in [2.05, 4.69) is 5.32 Å². The number of rotatable bonds is 5. The smallest absolute Gasteiger partial charge is 0.338 e. The third-order valence-corrected chi connectivity index (χ3v) is 4.00. The molecule has 2 aromatic rings. The second kappa shape index (κ2) is 7.94. The van der Waals surface area contributed by atoms with Crippen LogP contribution in [0.5, 0.6) is 0 Å². The SMILES string of the molecule is O=C(COC(=O)c1cccc(N2CCCC2=O)c1)Nc1cc(F)ccc1F. The molecule has 0 atom stereocenters. The Balaban J connectivity index is 1.60. The lowest BCUT2D eigenvalue weighted by Crippen LogP contribution is -2.24. The quantitative estimate of drug-likeness (QED) is 0.817. The van der Waals surface area contributed by atoms with Crippen molar-refractivity contribution >= 4 is 29.2 Å². The van der Waals surface area contributed by atoms with Gasteiger partial charge in [0.25, 0.3) is 5.91 Å². The maximum Gasteiger partial charge on any atom is 0.338 e. The molecule has 1 N–H and O–H groups in total. The van der Waals surface area contributed by atoms with Crippen molar-refractivity contribution < 1.29 is 27.9 Å². The summed E-state index contributed by atoms with van der Waals surface area (Å²) >= 11 is 0. The van der Waals surface area contributed by atoms with E-state index in [-0.39, 0.29) is 17.2 Å². The van der Waals surface area contributed by atoms with Gasteiger partial charge in [-0.3, -0.25) is 9.59 Å². The molecular formula is C19H16F2N2O4. The Morgan fingerprint density at radius 2 is 1.96 bits per heavy atom. The molecule has 0 aliphatic carbocycles. The molecule has 0 spiro atoms. The summed E-state index contributed by atoms with van der Waals surface area (Å²) in [7, 11) is 0. The van der Waals surface area contributed by atoms with Gasteiger partial charge >= 0.3 is 5.97 Å². The number of hydrogen-bond donors (Lipinski definition) is 1. The second-order valence-electron chi connectivity index (χ2n) is 5.95. The van der Waals surface area contributed by atoms with Crippen LogP contribution in [-0.2, 0) is 14.3 Å². The topological polar surface area (TPSA) is 75.7 Å². The van der Waals surface area contributed by atoms with Crippen molar-refractivity contribution in [2.24, 2.45) is 0 Å². The number of esters is 1. The average Bonchev–Trinajstić information content (AvgIpc) is 3.09. The zero-order valence-electron chi connectivity index (χ0n) is 14.2. The number of amides is 2. The molecule has 2 amide bonds. The highest BCUT2D eigenvalue weighted by molar-refractivity contribution is 5.98. The molecule has 1 heterocycles. The minimum Gasteiger partial charge on any atom is -0.452 e. The zero-order chi connectivity index (χ0) is 19.4. The van der Waals surface area contributed by atoms with Gasteiger partial charge in [-0.25, -0.2) is 13.6 Å². The van der Waals surface area contributed by atoms with E-state index in [1.165, 1.54) is 12.1 Å². The van der Waals surface area contributed by atoms with Gasteiger partial charge in [0.05, 0.1) is 11.3 Å². The first-order valence-corrected chi connectivity index (χ1v) is 8.26. The lowest BCUT2D eigenvalue weighted by atomic mass is 10.2. The summed E-state index contributed by atoms with van der Waals surface area (Å²) in [6, 6.07) is 8.95. The lowest BCUT2D eigenvalue weighted by molar-refractivity contribution is -0.119. The lowest BCUT2D eigenvalue weighted by Gasteiger charge is -2.16. The van der Waals surface area contributed by atoms with Crippen molar-refractivity contribution in [3.8, 4) is 0 Å². The van der Waals surface area contributed by atoms with E-state index in [0.717, 1.165) is 24.6 Å². The molecule has 6 nitrogen and oxygen atoms in total. The number of nitrogens with one attached hydrogen (secondary N) is 1. The molecule has 1 fully saturated rings. The molecule has 1 saturated heterocycles. The molecule has 0 bridgehead atoms. The van der Waals surface area contributed by atoms with Crippen molar-refractivity contribution in [2.45, 2.75) is 12.8 Å². The second-order valence-corrected chi connectivity index (χ2v) is 5.95. The first kappa shape index (κ1) is 18.5. The van der Waals surface area contributed by atoms with E-state index in [4.69, 9.17) is 4.74 Å². The van der Waals surface area contributed by atoms with Gasteiger partial charge in [-0.15, -0.1) is 0 Å². The number of hydrogen-bond acceptors (Lipinski definition) is 4. The fourth-order valence-corrected chi connectivity index (χ4v) is 2.72. The molecule has 0 aromatic heterocycles. The number of carbonyl (C=O) groups is 3. The summed E-state index contributed by atoms with van der Waals surface area (Å²) in [4.78, 5) is 37.3. The fourth-order valence-electron chi connectivity index (χ4n) is 2.72. The number of ether oxygens (including phenoxy) is 1. The number of halogens is 2. The molecule has 2 aromatic carbocycles. The van der Waals surface area contributed by atoms with Gasteiger partial charge in [0.15, 0.2) is 6.61 Å². The molecule has 0 unspecified atom stereocenters. The zero-order valence-corrected chi connectivity index (χ0v) is 14.2.